The molecule has 2 aromatic carbocycles. The minimum Gasteiger partial charge on any atom is -0.497 e. The Hall–Kier alpha value is -2.55. The summed E-state index contributed by atoms with van der Waals surface area (Å²) in [7, 11) is 1.67. The maximum atomic E-state index is 5.21. The normalized spacial score (nSPS) is 15.6. The number of methoxy groups -OCH3 is 1. The van der Waals surface area contributed by atoms with Crippen molar-refractivity contribution in [1.29, 1.82) is 0 Å². The molecular weight excluding hydrogens is 332 g/mol. The molecule has 27 heavy (non-hydrogen) atoms. The highest BCUT2D eigenvalue weighted by molar-refractivity contribution is 5.90. The van der Waals surface area contributed by atoms with Gasteiger partial charge in [-0.05, 0) is 87.2 Å². The maximum absolute atomic E-state index is 5.21. The summed E-state index contributed by atoms with van der Waals surface area (Å²) < 4.78 is 5.21. The largest absolute Gasteiger partial charge is 0.497 e. The van der Waals surface area contributed by atoms with E-state index in [0.717, 1.165) is 30.0 Å². The van der Waals surface area contributed by atoms with Crippen molar-refractivity contribution >= 4 is 23.2 Å². The predicted molar refractivity (Wildman–Crippen MR) is 117 cm³/mol. The van der Waals surface area contributed by atoms with Gasteiger partial charge >= 0.3 is 0 Å². The average Bonchev–Trinajstić information content (AvgIpc) is 2.64. The number of aryl methyl sites for hydroxylation is 1. The molecule has 0 unspecified atom stereocenters. The summed E-state index contributed by atoms with van der Waals surface area (Å²) in [6.45, 7) is 12.3. The molecule has 1 heterocycles. The number of hydrogen-bond acceptors (Lipinski definition) is 3. The van der Waals surface area contributed by atoms with Crippen LogP contribution in [0.25, 0.3) is 5.57 Å². The van der Waals surface area contributed by atoms with E-state index >= 15 is 0 Å². The zero-order valence-electron chi connectivity index (χ0n) is 17.3. The van der Waals surface area contributed by atoms with Gasteiger partial charge in [0, 0.05) is 24.0 Å². The summed E-state index contributed by atoms with van der Waals surface area (Å²) in [4.78, 5) is 7.18. The Morgan fingerprint density at radius 2 is 1.81 bits per heavy atom. The van der Waals surface area contributed by atoms with Crippen molar-refractivity contribution in [3.05, 3.63) is 59.2 Å². The second kappa shape index (κ2) is 7.59. The Labute approximate surface area is 163 Å². The minimum atomic E-state index is 0.0399. The van der Waals surface area contributed by atoms with E-state index in [9.17, 15) is 0 Å². The van der Waals surface area contributed by atoms with Crippen LogP contribution in [-0.4, -0.2) is 25.4 Å². The van der Waals surface area contributed by atoms with Gasteiger partial charge in [-0.1, -0.05) is 13.0 Å². The summed E-state index contributed by atoms with van der Waals surface area (Å²) in [6.07, 6.45) is 5.48. The first-order valence-electron chi connectivity index (χ1n) is 9.66. The highest BCUT2D eigenvalue weighted by atomic mass is 16.5. The first kappa shape index (κ1) is 19.2. The molecule has 0 fully saturated rings. The number of anilines is 1. The van der Waals surface area contributed by atoms with Crippen molar-refractivity contribution in [2.75, 3.05) is 18.6 Å². The number of hydrogen-bond donors (Lipinski definition) is 0. The number of rotatable bonds is 5. The third kappa shape index (κ3) is 3.92. The van der Waals surface area contributed by atoms with Crippen LogP contribution in [0.5, 0.6) is 5.75 Å². The molecule has 142 valence electrons. The number of benzene rings is 2. The first-order valence-corrected chi connectivity index (χ1v) is 9.66. The fourth-order valence-corrected chi connectivity index (χ4v) is 3.83. The lowest BCUT2D eigenvalue weighted by Crippen LogP contribution is -2.45. The molecule has 3 rings (SSSR count). The number of fused-ring (bicyclic) bond motifs is 1. The predicted octanol–water partition coefficient (Wildman–Crippen LogP) is 6.17. The molecule has 0 aliphatic carbocycles. The fourth-order valence-electron chi connectivity index (χ4n) is 3.83. The topological polar surface area (TPSA) is 24.8 Å². The van der Waals surface area contributed by atoms with Gasteiger partial charge in [-0.15, -0.1) is 0 Å². The van der Waals surface area contributed by atoms with Crippen LogP contribution in [0, 0.1) is 6.92 Å². The Balaban J connectivity index is 1.97. The number of allylic oxidation sites excluding steroid dienone is 1. The lowest BCUT2D eigenvalue weighted by molar-refractivity contribution is 0.415. The van der Waals surface area contributed by atoms with Crippen molar-refractivity contribution in [3.8, 4) is 5.75 Å². The molecule has 0 spiro atoms. The van der Waals surface area contributed by atoms with Gasteiger partial charge in [-0.25, -0.2) is 0 Å². The van der Waals surface area contributed by atoms with Crippen molar-refractivity contribution < 1.29 is 4.74 Å². The Kier molecular flexibility index (Phi) is 5.41. The highest BCUT2D eigenvalue weighted by Gasteiger charge is 2.30. The molecule has 0 saturated carbocycles. The van der Waals surface area contributed by atoms with E-state index in [1.54, 1.807) is 7.11 Å². The van der Waals surface area contributed by atoms with E-state index in [4.69, 9.17) is 4.74 Å². The zero-order chi connectivity index (χ0) is 19.6. The third-order valence-electron chi connectivity index (χ3n) is 5.24. The number of nitrogens with zero attached hydrogens (tertiary/aromatic N) is 2. The van der Waals surface area contributed by atoms with E-state index in [-0.39, 0.29) is 5.54 Å². The summed E-state index contributed by atoms with van der Waals surface area (Å²) in [5.74, 6) is 0.846. The van der Waals surface area contributed by atoms with Gasteiger partial charge in [0.15, 0.2) is 0 Å². The lowest BCUT2D eigenvalue weighted by atomic mass is 9.87. The second-order valence-electron chi connectivity index (χ2n) is 7.81. The van der Waals surface area contributed by atoms with Crippen LogP contribution in [-0.2, 0) is 0 Å². The molecule has 3 heteroatoms. The first-order chi connectivity index (χ1) is 12.9. The quantitative estimate of drug-likeness (QED) is 0.595. The smallest absolute Gasteiger partial charge is 0.119 e. The van der Waals surface area contributed by atoms with Crippen molar-refractivity contribution in [3.63, 3.8) is 0 Å². The van der Waals surface area contributed by atoms with Crippen LogP contribution in [0.3, 0.4) is 0 Å². The summed E-state index contributed by atoms with van der Waals surface area (Å²) in [5, 5.41) is 0. The number of aliphatic imine (C=N–C) groups is 1. The van der Waals surface area contributed by atoms with Crippen LogP contribution < -0.4 is 9.64 Å². The maximum Gasteiger partial charge on any atom is 0.119 e. The lowest BCUT2D eigenvalue weighted by Gasteiger charge is -2.43. The second-order valence-corrected chi connectivity index (χ2v) is 7.81. The molecule has 0 aromatic heterocycles. The SMILES string of the molecule is CCCN1c2cc(C)c(C=Nc3ccc(OC)cc3)cc2C(C)=CC1(C)C. The molecule has 0 N–H and O–H groups in total. The van der Waals surface area contributed by atoms with Crippen molar-refractivity contribution in [2.45, 2.75) is 46.6 Å². The average molecular weight is 363 g/mol. The van der Waals surface area contributed by atoms with E-state index in [1.807, 2.05) is 30.5 Å². The van der Waals surface area contributed by atoms with Crippen LogP contribution in [0.4, 0.5) is 11.4 Å². The summed E-state index contributed by atoms with van der Waals surface area (Å²) in [6, 6.07) is 12.4. The molecule has 0 amide bonds. The van der Waals surface area contributed by atoms with Crippen LogP contribution >= 0.6 is 0 Å². The monoisotopic (exact) mass is 362 g/mol. The Morgan fingerprint density at radius 3 is 2.44 bits per heavy atom. The van der Waals surface area contributed by atoms with Gasteiger partial charge in [0.1, 0.15) is 5.75 Å². The standard InChI is InChI=1S/C24H30N2O/c1-7-12-26-23-13-17(2)19(14-22(23)18(3)15-24(26,4)5)16-25-20-8-10-21(27-6)11-9-20/h8-11,13-16H,7,12H2,1-6H3. The van der Waals surface area contributed by atoms with Gasteiger partial charge in [0.25, 0.3) is 0 Å². The van der Waals surface area contributed by atoms with Crippen LogP contribution in [0.1, 0.15) is 50.8 Å². The minimum absolute atomic E-state index is 0.0399. The van der Waals surface area contributed by atoms with Crippen molar-refractivity contribution in [2.24, 2.45) is 4.99 Å². The molecule has 0 bridgehead atoms. The molecule has 1 aliphatic heterocycles. The molecular formula is C24H30N2O. The molecule has 1 aliphatic rings. The summed E-state index contributed by atoms with van der Waals surface area (Å²) in [5.41, 5.74) is 7.35. The van der Waals surface area contributed by atoms with Crippen molar-refractivity contribution in [1.82, 2.24) is 0 Å². The van der Waals surface area contributed by atoms with Gasteiger partial charge in [0.05, 0.1) is 18.3 Å². The molecule has 0 radical (unpaired) electrons. The third-order valence-corrected chi connectivity index (χ3v) is 5.24. The van der Waals surface area contributed by atoms with Crippen LogP contribution in [0.15, 0.2) is 47.5 Å². The Bertz CT molecular complexity index is 876. The van der Waals surface area contributed by atoms with E-state index < -0.39 is 0 Å². The van der Waals surface area contributed by atoms with Gasteiger partial charge in [-0.2, -0.15) is 0 Å². The van der Waals surface area contributed by atoms with E-state index in [0.29, 0.717) is 0 Å². The molecule has 0 atom stereocenters. The zero-order valence-corrected chi connectivity index (χ0v) is 17.3. The van der Waals surface area contributed by atoms with Gasteiger partial charge in [-0.3, -0.25) is 4.99 Å². The van der Waals surface area contributed by atoms with Gasteiger partial charge < -0.3 is 9.64 Å². The molecule has 3 nitrogen and oxygen atoms in total. The molecule has 0 saturated heterocycles. The van der Waals surface area contributed by atoms with Gasteiger partial charge in [0.2, 0.25) is 0 Å². The molecule has 2 aromatic rings. The van der Waals surface area contributed by atoms with E-state index in [1.165, 1.54) is 22.4 Å². The van der Waals surface area contributed by atoms with E-state index in [2.05, 4.69) is 62.7 Å². The van der Waals surface area contributed by atoms with Crippen LogP contribution in [0.2, 0.25) is 0 Å². The summed E-state index contributed by atoms with van der Waals surface area (Å²) >= 11 is 0. The fraction of sp³-hybridized carbons (Fsp3) is 0.375. The highest BCUT2D eigenvalue weighted by Crippen LogP contribution is 2.40. The number of ether oxygens (including phenoxy) is 1. The Morgan fingerprint density at radius 1 is 1.11 bits per heavy atom.